The first kappa shape index (κ1) is 119. The number of hydrogen-bond donors (Lipinski definition) is 17. The second-order valence-corrected chi connectivity index (χ2v) is 37.7. The predicted molar refractivity (Wildman–Crippen MR) is 501 cm³/mol. The smallest absolute Gasteiger partial charge is 0.480 e. The molecule has 37 heteroatoms. The first-order valence-electron chi connectivity index (χ1n) is 45.6. The number of carbonyl (C=O) groups is 9. The van der Waals surface area contributed by atoms with Crippen LogP contribution >= 0.6 is 15.6 Å². The summed E-state index contributed by atoms with van der Waals surface area (Å²) in [5.41, 5.74) is 20.3. The van der Waals surface area contributed by atoms with Gasteiger partial charge < -0.3 is 107 Å². The summed E-state index contributed by atoms with van der Waals surface area (Å²) in [5.74, 6) is -10.1. The monoisotopic (exact) mass is 1890 g/mol. The number of aliphatic hydroxyl groups excluding tert-OH is 5. The maximum absolute atomic E-state index is 14.1. The Labute approximate surface area is 775 Å². The van der Waals surface area contributed by atoms with E-state index in [-0.39, 0.29) is 13.0 Å². The Bertz CT molecular complexity index is 4090. The van der Waals surface area contributed by atoms with Crippen LogP contribution in [0.5, 0.6) is 0 Å². The molecule has 2 fully saturated rings. The first-order chi connectivity index (χ1) is 61.6. The van der Waals surface area contributed by atoms with Crippen molar-refractivity contribution in [2.45, 2.75) is 376 Å². The molecular weight excluding hydrogens is 1740 g/mol. The van der Waals surface area contributed by atoms with Crippen LogP contribution in [0.1, 0.15) is 278 Å². The number of rotatable bonds is 64. The highest BCUT2D eigenvalue weighted by Gasteiger charge is 2.55. The number of aliphatic hydroxyl groups is 5. The second kappa shape index (κ2) is 64.2. The Balaban J connectivity index is 2.09. The number of aliphatic carboxylic acids is 2. The molecule has 2 aliphatic heterocycles. The number of hydrogen-bond acceptors (Lipinski definition) is 24. The fourth-order valence-corrected chi connectivity index (χ4v) is 16.2. The fraction of sp³-hybridized carbons (Fsp3) is 0.670. The van der Waals surface area contributed by atoms with Crippen molar-refractivity contribution in [1.29, 1.82) is 0 Å². The van der Waals surface area contributed by atoms with Crippen LogP contribution in [0, 0.1) is 0 Å². The van der Waals surface area contributed by atoms with E-state index < -0.39 is 206 Å². The Morgan fingerprint density at radius 2 is 0.786 bits per heavy atom. The number of amides is 7. The quantitative estimate of drug-likeness (QED) is 0.0153. The summed E-state index contributed by atoms with van der Waals surface area (Å²) in [4.78, 5) is 138. The van der Waals surface area contributed by atoms with Gasteiger partial charge in [0, 0.05) is 20.3 Å². The lowest BCUT2D eigenvalue weighted by Gasteiger charge is -2.49. The van der Waals surface area contributed by atoms with Crippen LogP contribution in [-0.4, -0.2) is 229 Å². The summed E-state index contributed by atoms with van der Waals surface area (Å²) >= 11 is 0. The number of carbonyl (C=O) groups excluding carboxylic acids is 7. The number of allylic oxidation sites excluding steroid dienone is 21. The minimum atomic E-state index is -5.96. The minimum Gasteiger partial charge on any atom is -0.480 e. The average Bonchev–Trinajstić information content (AvgIpc) is 0.764. The van der Waals surface area contributed by atoms with Crippen molar-refractivity contribution in [3.05, 3.63) is 128 Å². The summed E-state index contributed by atoms with van der Waals surface area (Å²) < 4.78 is 66.3. The standard InChI is InChI=1S/C94H156N8O27P2/c1-59(2)30-20-31-60(3)32-21-33-61(4)34-22-35-62(5)36-23-37-63(6)38-24-39-64(7)40-25-41-65(8)42-26-43-66(9)44-27-45-67(10)46-28-47-68(11)48-29-49-69(12)53-55-123-130(119,120)129-131(121,122)128-94-82(99-74(17)107)86(85(79(58-105)126-94)127-93-81(98-73(16)106)84(110)83(109)78(57-104)125-93)124-72(15)89(113)96-70(13)87(111)101-76(91(115)116)51-52-80(108)100-75(50-18-19-54-95)90(114)97-71(14)88(112)102-77(56-103)92(117)118/h30,32,34,36,38,40,42,44,46,48,53,70-72,75-79,81-86,93-94,103-105,109-110H,18-29,31,33,35,37,39,41,43,45,47,49-52,54-58,95H2,1-17H3,(H,96,113)(H,97,114)(H,98,106)(H,99,107)(H,100,108)(H,101,111)(H,102,112)(H,115,116)(H,117,118)(H,119,120)(H,121,122)/b60-32+,61-34+,62-36-,63-38-,64-40-,65-42-,66-44-,67-46-,68-48-,69-53-/t70-,71+,72+,75-,76+,77+,78+,79+,81+,82+,83+,84+,85+,86+,93-,94+/m0/s1. The third kappa shape index (κ3) is 50.9. The molecule has 2 saturated heterocycles. The van der Waals surface area contributed by atoms with E-state index in [0.717, 1.165) is 154 Å². The van der Waals surface area contributed by atoms with Crippen LogP contribution in [0.2, 0.25) is 0 Å². The number of carboxylic acid groups (broad SMARTS) is 2. The summed E-state index contributed by atoms with van der Waals surface area (Å²) in [6.45, 7) is 27.8. The summed E-state index contributed by atoms with van der Waals surface area (Å²) in [6.07, 6.45) is 26.8. The highest BCUT2D eigenvalue weighted by molar-refractivity contribution is 7.61. The van der Waals surface area contributed by atoms with Gasteiger partial charge in [0.05, 0.1) is 26.4 Å². The van der Waals surface area contributed by atoms with Gasteiger partial charge in [0.2, 0.25) is 41.4 Å². The number of nitrogens with two attached hydrogens (primary N) is 1. The molecule has 35 nitrogen and oxygen atoms in total. The average molecular weight is 1890 g/mol. The molecule has 2 unspecified atom stereocenters. The van der Waals surface area contributed by atoms with Crippen LogP contribution < -0.4 is 43.0 Å². The molecule has 18 N–H and O–H groups in total. The Hall–Kier alpha value is -7.77. The van der Waals surface area contributed by atoms with Crippen LogP contribution in [-0.2, 0) is 84.6 Å². The molecule has 0 aliphatic carbocycles. The maximum Gasteiger partial charge on any atom is 0.483 e. The highest BCUT2D eigenvalue weighted by atomic mass is 31.3. The van der Waals surface area contributed by atoms with Crippen LogP contribution in [0.3, 0.4) is 0 Å². The van der Waals surface area contributed by atoms with Crippen molar-refractivity contribution in [2.24, 2.45) is 5.73 Å². The molecule has 2 rings (SSSR count). The number of nitrogens with one attached hydrogen (secondary N) is 7. The zero-order chi connectivity index (χ0) is 98.7. The lowest BCUT2D eigenvalue weighted by atomic mass is 9.94. The molecule has 0 spiro atoms. The van der Waals surface area contributed by atoms with Crippen LogP contribution in [0.15, 0.2) is 128 Å². The summed E-state index contributed by atoms with van der Waals surface area (Å²) in [7, 11) is -11.5. The van der Waals surface area contributed by atoms with E-state index in [1.807, 2.05) is 12.2 Å². The molecule has 744 valence electrons. The summed E-state index contributed by atoms with van der Waals surface area (Å²) in [5, 5.41) is 87.7. The van der Waals surface area contributed by atoms with Crippen LogP contribution in [0.25, 0.3) is 0 Å². The van der Waals surface area contributed by atoms with Crippen molar-refractivity contribution in [3.63, 3.8) is 0 Å². The van der Waals surface area contributed by atoms with E-state index in [2.05, 4.69) is 166 Å². The Morgan fingerprint density at radius 3 is 1.16 bits per heavy atom. The number of phosphoric ester groups is 2. The van der Waals surface area contributed by atoms with Gasteiger partial charge in [0.15, 0.2) is 12.6 Å². The molecule has 0 saturated carbocycles. The van der Waals surface area contributed by atoms with Gasteiger partial charge in [-0.25, -0.2) is 18.7 Å². The number of phosphoric acid groups is 2. The number of carboxylic acids is 2. The maximum atomic E-state index is 14.1. The van der Waals surface area contributed by atoms with E-state index in [1.165, 1.54) is 63.2 Å². The topological polar surface area (TPSA) is 545 Å². The van der Waals surface area contributed by atoms with Gasteiger partial charge >= 0.3 is 27.6 Å². The molecule has 0 aromatic heterocycles. The molecule has 0 radical (unpaired) electrons. The zero-order valence-electron chi connectivity index (χ0n) is 80.1. The first-order valence-corrected chi connectivity index (χ1v) is 48.6. The predicted octanol–water partition coefficient (Wildman–Crippen LogP) is 11.3. The third-order valence-electron chi connectivity index (χ3n) is 22.1. The normalized spacial score (nSPS) is 22.4. The van der Waals surface area contributed by atoms with E-state index in [0.29, 0.717) is 25.7 Å². The molecule has 2 heterocycles. The molecule has 7 amide bonds. The van der Waals surface area contributed by atoms with Crippen LogP contribution in [0.4, 0.5) is 0 Å². The van der Waals surface area contributed by atoms with Gasteiger partial charge in [-0.2, -0.15) is 4.31 Å². The Kier molecular flexibility index (Phi) is 58.5. The van der Waals surface area contributed by atoms with Gasteiger partial charge in [-0.3, -0.25) is 42.6 Å². The van der Waals surface area contributed by atoms with Crippen molar-refractivity contribution in [3.8, 4) is 0 Å². The van der Waals surface area contributed by atoms with E-state index in [4.69, 9.17) is 33.7 Å². The fourth-order valence-electron chi connectivity index (χ4n) is 14.1. The van der Waals surface area contributed by atoms with Crippen molar-refractivity contribution in [1.82, 2.24) is 37.2 Å². The van der Waals surface area contributed by atoms with Gasteiger partial charge in [0.1, 0.15) is 85.0 Å². The molecule has 131 heavy (non-hydrogen) atoms. The molecular formula is C94H156N8O27P2. The minimum absolute atomic E-state index is 0.0214. The molecule has 0 bridgehead atoms. The van der Waals surface area contributed by atoms with Crippen molar-refractivity contribution < 1.29 is 130 Å². The van der Waals surface area contributed by atoms with Gasteiger partial charge in [-0.1, -0.05) is 128 Å². The lowest BCUT2D eigenvalue weighted by molar-refractivity contribution is -0.331. The van der Waals surface area contributed by atoms with Gasteiger partial charge in [-0.15, -0.1) is 0 Å². The highest BCUT2D eigenvalue weighted by Crippen LogP contribution is 2.61. The zero-order valence-corrected chi connectivity index (χ0v) is 81.9. The van der Waals surface area contributed by atoms with Gasteiger partial charge in [0.25, 0.3) is 0 Å². The Morgan fingerprint density at radius 1 is 0.412 bits per heavy atom. The van der Waals surface area contributed by atoms with E-state index in [1.54, 1.807) is 6.92 Å². The van der Waals surface area contributed by atoms with Crippen molar-refractivity contribution >= 4 is 68.9 Å². The number of ether oxygens (including phenoxy) is 4. The number of unbranched alkanes of at least 4 members (excludes halogenated alkanes) is 1. The summed E-state index contributed by atoms with van der Waals surface area (Å²) in [6, 6.07) is -11.6. The second-order valence-electron chi connectivity index (χ2n) is 34.7. The molecule has 0 aromatic rings. The molecule has 2 aliphatic rings. The molecule has 18 atom stereocenters. The van der Waals surface area contributed by atoms with Gasteiger partial charge in [-0.05, 0) is 265 Å². The largest absolute Gasteiger partial charge is 0.483 e. The van der Waals surface area contributed by atoms with Crippen molar-refractivity contribution in [2.75, 3.05) is 33.0 Å². The SMILES string of the molecule is CC(=O)N[C@H]1[C@H](O[C@H]2[C@H](O[C@H](C)C(=O)N[C@@H](C)C(=O)N[C@H](CCC(=O)N[C@@H](CCCCN)C(=O)N[C@H](C)C(=O)N[C@H](CO)C(=O)O)C(=O)O)[C@@H](NC(C)=O)[C@@H](OP(=O)(O)OP(=O)(O)OC/C=C(/C)CC/C=C(/C)CC/C=C(/C)CC/C=C(/C)CC/C=C(/C)CC/C=C(/C)CC/C=C(/C)CC/C=C(/C)CC/C=C(\C)CC/C=C(\C)CCC=C(C)C)O[C@@H]2CO)O[C@H](CO)[C@@H](O)[C@@H]1O. The molecule has 0 aromatic carbocycles. The lowest BCUT2D eigenvalue weighted by Crippen LogP contribution is -2.70. The van der Waals surface area contributed by atoms with E-state index >= 15 is 0 Å². The third-order valence-corrected chi connectivity index (χ3v) is 24.7. The van der Waals surface area contributed by atoms with E-state index in [9.17, 15) is 97.8 Å².